The lowest BCUT2D eigenvalue weighted by molar-refractivity contribution is -0.910. The number of quaternary nitrogens is 2. The maximum absolute atomic E-state index is 12.4. The maximum Gasteiger partial charge on any atom is 0.370 e. The molecule has 1 rings (SSSR count). The summed E-state index contributed by atoms with van der Waals surface area (Å²) in [5.74, 6) is 0.459. The second kappa shape index (κ2) is 15.0. The van der Waals surface area contributed by atoms with Gasteiger partial charge in [0.25, 0.3) is 0 Å². The molecule has 24 heavy (non-hydrogen) atoms. The first kappa shape index (κ1) is 25.9. The van der Waals surface area contributed by atoms with Crippen molar-refractivity contribution in [3.63, 3.8) is 0 Å². The highest BCUT2D eigenvalue weighted by Crippen LogP contribution is 2.17. The largest absolute Gasteiger partial charge is 1.00 e. The van der Waals surface area contributed by atoms with Gasteiger partial charge in [-0.05, 0) is 37.6 Å². The predicted molar refractivity (Wildman–Crippen MR) is 91.2 cm³/mol. The fourth-order valence-electron chi connectivity index (χ4n) is 2.34. The van der Waals surface area contributed by atoms with Gasteiger partial charge < -0.3 is 39.8 Å². The minimum Gasteiger partial charge on any atom is -1.00 e. The molecule has 3 N–H and O–H groups in total. The van der Waals surface area contributed by atoms with E-state index >= 15 is 0 Å². The summed E-state index contributed by atoms with van der Waals surface area (Å²) >= 11 is 1.63. The minimum atomic E-state index is -0.206. The first-order chi connectivity index (χ1) is 10.6. The van der Waals surface area contributed by atoms with Crippen LogP contribution in [0.5, 0.6) is 0 Å². The molecule has 0 aliphatic heterocycles. The van der Waals surface area contributed by atoms with E-state index < -0.39 is 0 Å². The Morgan fingerprint density at radius 3 is 2.46 bits per heavy atom. The van der Waals surface area contributed by atoms with Crippen LogP contribution in [0.1, 0.15) is 45.0 Å². The number of carbonyl (C=O) groups excluding carboxylic acids is 1. The Morgan fingerprint density at radius 2 is 1.96 bits per heavy atom. The van der Waals surface area contributed by atoms with E-state index in [1.54, 1.807) is 16.2 Å². The summed E-state index contributed by atoms with van der Waals surface area (Å²) in [4.78, 5) is 15.0. The third-order valence-corrected chi connectivity index (χ3v) is 4.90. The van der Waals surface area contributed by atoms with E-state index in [9.17, 15) is 4.79 Å². The normalized spacial score (nSPS) is 11.8. The van der Waals surface area contributed by atoms with Crippen molar-refractivity contribution in [3.8, 4) is 0 Å². The van der Waals surface area contributed by atoms with Gasteiger partial charge in [0.15, 0.2) is 0 Å². The molecule has 1 unspecified atom stereocenters. The van der Waals surface area contributed by atoms with Gasteiger partial charge in [-0.25, -0.2) is 4.79 Å². The highest BCUT2D eigenvalue weighted by atomic mass is 35.5. The summed E-state index contributed by atoms with van der Waals surface area (Å²) in [6, 6.07) is 3.82. The molecular weight excluding hydrogens is 367 g/mol. The van der Waals surface area contributed by atoms with Crippen molar-refractivity contribution in [1.29, 1.82) is 0 Å². The predicted octanol–water partition coefficient (Wildman–Crippen LogP) is -5.13. The van der Waals surface area contributed by atoms with E-state index in [-0.39, 0.29) is 36.8 Å². The number of rotatable bonds is 11. The molecule has 4 nitrogen and oxygen atoms in total. The number of esters is 1. The van der Waals surface area contributed by atoms with Gasteiger partial charge in [0, 0.05) is 0 Å². The average molecular weight is 399 g/mol. The third kappa shape index (κ3) is 9.84. The van der Waals surface area contributed by atoms with E-state index in [0.717, 1.165) is 37.5 Å². The fourth-order valence-corrected chi connectivity index (χ4v) is 3.15. The number of hydrogen-bond donors (Lipinski definition) is 2. The van der Waals surface area contributed by atoms with Crippen LogP contribution < -0.4 is 35.0 Å². The van der Waals surface area contributed by atoms with Gasteiger partial charge >= 0.3 is 5.97 Å². The number of thiophene rings is 1. The summed E-state index contributed by atoms with van der Waals surface area (Å²) in [5.41, 5.74) is 0. The van der Waals surface area contributed by atoms with Gasteiger partial charge in [-0.2, -0.15) is 0 Å². The molecule has 1 aromatic rings. The van der Waals surface area contributed by atoms with Crippen molar-refractivity contribution in [2.75, 3.05) is 32.8 Å². The molecule has 0 fully saturated rings. The number of nitrogens with two attached hydrogens (primary N) is 1. The number of likely N-dealkylation sites (N-methyl/N-ethyl adjacent to an activating group) is 1. The number of halogens is 2. The molecule has 0 aliphatic carbocycles. The van der Waals surface area contributed by atoms with Crippen LogP contribution in [-0.4, -0.2) is 38.8 Å². The number of carbonyl (C=O) groups is 1. The van der Waals surface area contributed by atoms with Crippen LogP contribution in [0.25, 0.3) is 0 Å². The summed E-state index contributed by atoms with van der Waals surface area (Å²) in [6.07, 6.45) is 0.923. The smallest absolute Gasteiger partial charge is 0.370 e. The molecular formula is C17H32Cl2N2O2S. The van der Waals surface area contributed by atoms with Crippen LogP contribution in [0.15, 0.2) is 17.5 Å². The molecule has 0 bridgehead atoms. The van der Waals surface area contributed by atoms with E-state index in [0.29, 0.717) is 12.5 Å². The van der Waals surface area contributed by atoms with Gasteiger partial charge in [-0.1, -0.05) is 19.9 Å². The van der Waals surface area contributed by atoms with Gasteiger partial charge in [0.05, 0.1) is 24.6 Å². The summed E-state index contributed by atoms with van der Waals surface area (Å²) in [6.45, 7) is 13.5. The molecule has 0 radical (unpaired) electrons. The van der Waals surface area contributed by atoms with Crippen LogP contribution >= 0.6 is 11.3 Å². The van der Waals surface area contributed by atoms with Crippen molar-refractivity contribution in [1.82, 2.24) is 0 Å². The van der Waals surface area contributed by atoms with E-state index in [2.05, 4.69) is 33.0 Å². The van der Waals surface area contributed by atoms with Gasteiger partial charge in [0.1, 0.15) is 13.1 Å². The third-order valence-electron chi connectivity index (χ3n) is 3.94. The Kier molecular flexibility index (Phi) is 16.2. The molecule has 0 saturated heterocycles. The first-order valence-electron chi connectivity index (χ1n) is 8.45. The molecule has 0 saturated carbocycles. The molecule has 0 aromatic carbocycles. The second-order valence-corrected chi connectivity index (χ2v) is 7.05. The average Bonchev–Trinajstić information content (AvgIpc) is 3.01. The highest BCUT2D eigenvalue weighted by molar-refractivity contribution is 7.10. The lowest BCUT2D eigenvalue weighted by atomic mass is 10.1. The maximum atomic E-state index is 12.4. The molecule has 142 valence electrons. The minimum absolute atomic E-state index is 0. The number of ether oxygens (including phenoxy) is 1. The van der Waals surface area contributed by atoms with Crippen LogP contribution in [0.2, 0.25) is 0 Å². The number of hydrogen-bond acceptors (Lipinski definition) is 3. The molecule has 1 aromatic heterocycles. The molecule has 7 heteroatoms. The first-order valence-corrected chi connectivity index (χ1v) is 9.33. The summed E-state index contributed by atoms with van der Waals surface area (Å²) in [5, 5.41) is 4.15. The Bertz CT molecular complexity index is 413. The summed E-state index contributed by atoms with van der Waals surface area (Å²) < 4.78 is 5.48. The van der Waals surface area contributed by atoms with Gasteiger partial charge in [-0.15, -0.1) is 11.3 Å². The summed E-state index contributed by atoms with van der Waals surface area (Å²) in [7, 11) is 0. The molecule has 1 atom stereocenters. The van der Waals surface area contributed by atoms with Crippen LogP contribution in [0.3, 0.4) is 0 Å². The second-order valence-electron chi connectivity index (χ2n) is 6.07. The number of nitrogens with one attached hydrogen (secondary N) is 1. The SMILES string of the molecule is CC[NH+](CC)CC[NH2+]C(C(=O)OCCC(C)C)c1cccs1.[Cl-].[Cl-]. The monoisotopic (exact) mass is 398 g/mol. The molecule has 0 spiro atoms. The van der Waals surface area contributed by atoms with Gasteiger partial charge in [0.2, 0.25) is 6.04 Å². The van der Waals surface area contributed by atoms with E-state index in [4.69, 9.17) is 4.74 Å². The van der Waals surface area contributed by atoms with Crippen LogP contribution in [0.4, 0.5) is 0 Å². The van der Waals surface area contributed by atoms with Crippen molar-refractivity contribution in [2.45, 2.75) is 40.2 Å². The Hall–Kier alpha value is -0.330. The Morgan fingerprint density at radius 1 is 1.29 bits per heavy atom. The van der Waals surface area contributed by atoms with E-state index in [1.165, 1.54) is 0 Å². The van der Waals surface area contributed by atoms with Crippen molar-refractivity contribution in [2.24, 2.45) is 5.92 Å². The van der Waals surface area contributed by atoms with Crippen LogP contribution in [-0.2, 0) is 9.53 Å². The topological polar surface area (TPSA) is 47.4 Å². The standard InChI is InChI=1S/C17H30N2O2S.2ClH/c1-5-19(6-2)11-10-18-16(15-8-7-13-22-15)17(20)21-12-9-14(3)4;;/h7-8,13-14,16,18H,5-6,9-12H2,1-4H3;2*1H. The van der Waals surface area contributed by atoms with Crippen molar-refractivity contribution >= 4 is 17.3 Å². The molecule has 1 heterocycles. The lowest BCUT2D eigenvalue weighted by Crippen LogP contribution is -3.14. The van der Waals surface area contributed by atoms with Crippen LogP contribution in [0, 0.1) is 5.92 Å². The fraction of sp³-hybridized carbons (Fsp3) is 0.706. The zero-order valence-corrected chi connectivity index (χ0v) is 17.5. The van der Waals surface area contributed by atoms with Crippen molar-refractivity contribution < 1.29 is 44.6 Å². The quantitative estimate of drug-likeness (QED) is 0.366. The lowest BCUT2D eigenvalue weighted by Gasteiger charge is -2.17. The molecule has 0 aliphatic rings. The zero-order valence-electron chi connectivity index (χ0n) is 15.2. The van der Waals surface area contributed by atoms with E-state index in [1.807, 2.05) is 17.5 Å². The Balaban J connectivity index is 0. The van der Waals surface area contributed by atoms with Gasteiger partial charge in [-0.3, -0.25) is 0 Å². The molecule has 0 amide bonds. The zero-order chi connectivity index (χ0) is 16.4. The highest BCUT2D eigenvalue weighted by Gasteiger charge is 2.27. The van der Waals surface area contributed by atoms with Crippen molar-refractivity contribution in [3.05, 3.63) is 22.4 Å². The Labute approximate surface area is 163 Å².